The molecule has 0 bridgehead atoms. The Bertz CT molecular complexity index is 1740. The number of aromatic nitrogens is 4. The van der Waals surface area contributed by atoms with Crippen molar-refractivity contribution in [2.24, 2.45) is 0 Å². The van der Waals surface area contributed by atoms with Crippen molar-refractivity contribution in [1.82, 2.24) is 30.8 Å². The van der Waals surface area contributed by atoms with Crippen LogP contribution in [0.15, 0.2) is 70.6 Å². The maximum absolute atomic E-state index is 13.0. The van der Waals surface area contributed by atoms with Crippen LogP contribution in [0.2, 0.25) is 0 Å². The van der Waals surface area contributed by atoms with E-state index < -0.39 is 11.8 Å². The first-order chi connectivity index (χ1) is 19.8. The van der Waals surface area contributed by atoms with Gasteiger partial charge in [-0.05, 0) is 37.3 Å². The number of rotatable bonds is 5. The predicted molar refractivity (Wildman–Crippen MR) is 164 cm³/mol. The minimum atomic E-state index is -0.609. The molecule has 5 rings (SSSR count). The summed E-state index contributed by atoms with van der Waals surface area (Å²) in [6, 6.07) is 19.0. The number of amides is 2. The van der Waals surface area contributed by atoms with Gasteiger partial charge in [-0.1, -0.05) is 77.0 Å². The number of nitrogens with one attached hydrogen (secondary N) is 2. The van der Waals surface area contributed by atoms with Crippen LogP contribution in [0, 0.1) is 6.92 Å². The summed E-state index contributed by atoms with van der Waals surface area (Å²) >= 11 is 1.46. The van der Waals surface area contributed by atoms with Gasteiger partial charge in [0, 0.05) is 33.0 Å². The Labute approximate surface area is 248 Å². The van der Waals surface area contributed by atoms with Crippen molar-refractivity contribution in [3.63, 3.8) is 0 Å². The van der Waals surface area contributed by atoms with Crippen LogP contribution in [0.5, 0.6) is 0 Å². The van der Waals surface area contributed by atoms with E-state index in [1.54, 1.807) is 19.1 Å². The lowest BCUT2D eigenvalue weighted by Crippen LogP contribution is -2.42. The van der Waals surface area contributed by atoms with E-state index in [4.69, 9.17) is 9.62 Å². The van der Waals surface area contributed by atoms with Gasteiger partial charge in [0.1, 0.15) is 10.8 Å². The van der Waals surface area contributed by atoms with Crippen LogP contribution in [0.25, 0.3) is 27.5 Å². The zero-order chi connectivity index (χ0) is 30.2. The lowest BCUT2D eigenvalue weighted by Gasteiger charge is -2.20. The van der Waals surface area contributed by atoms with Crippen molar-refractivity contribution in [1.29, 1.82) is 0 Å². The second-order valence-electron chi connectivity index (χ2n) is 12.1. The molecule has 9 nitrogen and oxygen atoms in total. The Hall–Kier alpha value is -4.57. The third-order valence-electron chi connectivity index (χ3n) is 6.77. The first kappa shape index (κ1) is 28.9. The Balaban J connectivity index is 1.30. The Morgan fingerprint density at radius 2 is 1.55 bits per heavy atom. The highest BCUT2D eigenvalue weighted by Gasteiger charge is 2.27. The van der Waals surface area contributed by atoms with Gasteiger partial charge < -0.3 is 4.52 Å². The van der Waals surface area contributed by atoms with E-state index in [1.807, 2.05) is 52.5 Å². The summed E-state index contributed by atoms with van der Waals surface area (Å²) in [5.41, 5.74) is 10.1. The smallest absolute Gasteiger partial charge is 0.292 e. The summed E-state index contributed by atoms with van der Waals surface area (Å²) in [7, 11) is 0. The predicted octanol–water partition coefficient (Wildman–Crippen LogP) is 6.63. The number of hydrogen-bond acceptors (Lipinski definition) is 7. The minimum absolute atomic E-state index is 0.0381. The van der Waals surface area contributed by atoms with Gasteiger partial charge in [0.05, 0.1) is 22.6 Å². The van der Waals surface area contributed by atoms with Crippen LogP contribution >= 0.6 is 11.3 Å². The average Bonchev–Trinajstić information content (AvgIpc) is 3.70. The van der Waals surface area contributed by atoms with Gasteiger partial charge >= 0.3 is 0 Å². The number of hydrazine groups is 1. The van der Waals surface area contributed by atoms with Crippen molar-refractivity contribution < 1.29 is 14.1 Å². The summed E-state index contributed by atoms with van der Waals surface area (Å²) in [5.74, 6) is -0.624. The van der Waals surface area contributed by atoms with Crippen molar-refractivity contribution in [2.45, 2.75) is 59.3 Å². The fraction of sp³-hybridized carbons (Fsp3) is 0.281. The number of thiazole rings is 1. The van der Waals surface area contributed by atoms with Crippen LogP contribution in [0.1, 0.15) is 79.5 Å². The molecule has 5 aromatic rings. The molecule has 3 heterocycles. The summed E-state index contributed by atoms with van der Waals surface area (Å²) in [6.45, 7) is 14.6. The molecule has 0 radical (unpaired) electrons. The van der Waals surface area contributed by atoms with E-state index >= 15 is 0 Å². The lowest BCUT2D eigenvalue weighted by molar-refractivity contribution is 0.0842. The number of carbonyl (C=O) groups is 2. The van der Waals surface area contributed by atoms with Crippen LogP contribution in [0.4, 0.5) is 0 Å². The maximum Gasteiger partial charge on any atom is 0.292 e. The van der Waals surface area contributed by atoms with Crippen molar-refractivity contribution in [3.8, 4) is 27.5 Å². The highest BCUT2D eigenvalue weighted by Crippen LogP contribution is 2.33. The molecule has 0 spiro atoms. The molecular formula is C32H34N6O3S. The summed E-state index contributed by atoms with van der Waals surface area (Å²) in [5, 5.41) is 11.5. The molecule has 3 aromatic heterocycles. The number of aryl methyl sites for hydroxylation is 1. The first-order valence-electron chi connectivity index (χ1n) is 13.6. The first-order valence-corrected chi connectivity index (χ1v) is 14.5. The molecular weight excluding hydrogens is 548 g/mol. The highest BCUT2D eigenvalue weighted by atomic mass is 32.1. The average molecular weight is 583 g/mol. The van der Waals surface area contributed by atoms with Crippen LogP contribution in [-0.2, 0) is 10.8 Å². The maximum atomic E-state index is 13.0. The normalized spacial score (nSPS) is 11.9. The number of carbonyl (C=O) groups excluding carboxylic acids is 2. The molecule has 0 aliphatic carbocycles. The van der Waals surface area contributed by atoms with Crippen LogP contribution < -0.4 is 10.9 Å². The van der Waals surface area contributed by atoms with Gasteiger partial charge in [-0.3, -0.25) is 20.4 Å². The van der Waals surface area contributed by atoms with Gasteiger partial charge in [0.15, 0.2) is 5.69 Å². The molecule has 216 valence electrons. The van der Waals surface area contributed by atoms with Gasteiger partial charge in [-0.2, -0.15) is 5.10 Å². The SMILES string of the molecule is Cc1onc(C(=O)NNC(=O)c2ccc(-n3nc(C(C)(C)C)cc3C(C)(C)C)cc2)c1-c1csc(-c2ccccc2)n1. The quantitative estimate of drug-likeness (QED) is 0.225. The largest absolute Gasteiger partial charge is 0.360 e. The second-order valence-corrected chi connectivity index (χ2v) is 13.0. The Morgan fingerprint density at radius 3 is 2.19 bits per heavy atom. The zero-order valence-electron chi connectivity index (χ0n) is 24.8. The molecule has 0 saturated carbocycles. The van der Waals surface area contributed by atoms with Gasteiger partial charge in [-0.15, -0.1) is 11.3 Å². The zero-order valence-corrected chi connectivity index (χ0v) is 25.6. The fourth-order valence-corrected chi connectivity index (χ4v) is 5.23. The Kier molecular flexibility index (Phi) is 7.59. The molecule has 2 aromatic carbocycles. The van der Waals surface area contributed by atoms with E-state index in [2.05, 4.69) is 68.6 Å². The molecule has 2 amide bonds. The van der Waals surface area contributed by atoms with Crippen LogP contribution in [0.3, 0.4) is 0 Å². The molecule has 42 heavy (non-hydrogen) atoms. The van der Waals surface area contributed by atoms with Gasteiger partial charge in [-0.25, -0.2) is 9.67 Å². The minimum Gasteiger partial charge on any atom is -0.360 e. The molecule has 2 N–H and O–H groups in total. The Morgan fingerprint density at radius 1 is 0.881 bits per heavy atom. The number of benzene rings is 2. The molecule has 0 unspecified atom stereocenters. The topological polar surface area (TPSA) is 115 Å². The van der Waals surface area contributed by atoms with Crippen LogP contribution in [-0.4, -0.2) is 31.7 Å². The fourth-order valence-electron chi connectivity index (χ4n) is 4.41. The lowest BCUT2D eigenvalue weighted by atomic mass is 9.88. The third-order valence-corrected chi connectivity index (χ3v) is 7.66. The van der Waals surface area contributed by atoms with Crippen molar-refractivity contribution in [2.75, 3.05) is 0 Å². The summed E-state index contributed by atoms with van der Waals surface area (Å²) < 4.78 is 7.25. The monoisotopic (exact) mass is 582 g/mol. The van der Waals surface area contributed by atoms with E-state index in [0.29, 0.717) is 22.6 Å². The molecule has 0 fully saturated rings. The molecule has 0 aliphatic rings. The number of hydrogen-bond donors (Lipinski definition) is 2. The standard InChI is InChI=1S/C32H34N6O3S/c1-19-26(23-18-42-30(33-23)21-11-9-8-10-12-21)27(37-41-19)29(40)35-34-28(39)20-13-15-22(16-14-20)38-25(32(5,6)7)17-24(36-38)31(2,3)4/h8-18H,1-7H3,(H,34,39)(H,35,40). The van der Waals surface area contributed by atoms with E-state index in [1.165, 1.54) is 11.3 Å². The second kappa shape index (κ2) is 11.0. The van der Waals surface area contributed by atoms with Crippen molar-refractivity contribution >= 4 is 23.2 Å². The highest BCUT2D eigenvalue weighted by molar-refractivity contribution is 7.13. The summed E-state index contributed by atoms with van der Waals surface area (Å²) in [6.07, 6.45) is 0. The van der Waals surface area contributed by atoms with E-state index in [9.17, 15) is 9.59 Å². The summed E-state index contributed by atoms with van der Waals surface area (Å²) in [4.78, 5) is 30.6. The van der Waals surface area contributed by atoms with Gasteiger partial charge in [0.2, 0.25) is 0 Å². The van der Waals surface area contributed by atoms with Crippen molar-refractivity contribution in [3.05, 3.63) is 94.4 Å². The van der Waals surface area contributed by atoms with E-state index in [0.717, 1.165) is 27.6 Å². The molecule has 10 heteroatoms. The molecule has 0 aliphatic heterocycles. The molecule has 0 saturated heterocycles. The third kappa shape index (κ3) is 5.89. The number of nitrogens with zero attached hydrogens (tertiary/aromatic N) is 4. The van der Waals surface area contributed by atoms with Gasteiger partial charge in [0.25, 0.3) is 11.8 Å². The molecule has 0 atom stereocenters. The van der Waals surface area contributed by atoms with E-state index in [-0.39, 0.29) is 16.5 Å².